The average molecular weight is 400 g/mol. The zero-order chi connectivity index (χ0) is 21.1. The molecule has 1 saturated heterocycles. The van der Waals surface area contributed by atoms with Gasteiger partial charge >= 0.3 is 0 Å². The van der Waals surface area contributed by atoms with E-state index in [-0.39, 0.29) is 36.0 Å². The summed E-state index contributed by atoms with van der Waals surface area (Å²) in [5.41, 5.74) is 3.77. The second kappa shape index (κ2) is 8.76. The van der Waals surface area contributed by atoms with Gasteiger partial charge in [0.1, 0.15) is 5.82 Å². The van der Waals surface area contributed by atoms with Gasteiger partial charge in [0.25, 0.3) is 0 Å². The predicted octanol–water partition coefficient (Wildman–Crippen LogP) is 2.83. The van der Waals surface area contributed by atoms with Crippen LogP contribution in [0.4, 0.5) is 4.39 Å². The number of hydrogen-bond acceptors (Lipinski definition) is 3. The first-order valence-corrected chi connectivity index (χ1v) is 10.1. The lowest BCUT2D eigenvalue weighted by Crippen LogP contribution is -2.46. The van der Waals surface area contributed by atoms with E-state index in [1.165, 1.54) is 12.1 Å². The summed E-state index contributed by atoms with van der Waals surface area (Å²) in [6.07, 6.45) is 1.79. The Morgan fingerprint density at radius 3 is 2.59 bits per heavy atom. The molecule has 7 heteroatoms. The molecule has 0 spiro atoms. The Kier molecular flexibility index (Phi) is 6.35. The van der Waals surface area contributed by atoms with Gasteiger partial charge < -0.3 is 10.2 Å². The number of hydrogen-bond donors (Lipinski definition) is 1. The smallest absolute Gasteiger partial charge is 0.227 e. The van der Waals surface area contributed by atoms with Gasteiger partial charge in [-0.25, -0.2) is 4.39 Å². The Balaban J connectivity index is 1.60. The molecule has 2 unspecified atom stereocenters. The lowest BCUT2D eigenvalue weighted by atomic mass is 9.95. The molecule has 29 heavy (non-hydrogen) atoms. The molecular weight excluding hydrogens is 371 g/mol. The minimum absolute atomic E-state index is 0.0268. The maximum atomic E-state index is 13.1. The Morgan fingerprint density at radius 1 is 1.28 bits per heavy atom. The summed E-state index contributed by atoms with van der Waals surface area (Å²) in [5, 5.41) is 7.53. The summed E-state index contributed by atoms with van der Waals surface area (Å²) in [6, 6.07) is 5.84. The van der Waals surface area contributed by atoms with Crippen molar-refractivity contribution in [3.63, 3.8) is 0 Å². The number of nitrogens with one attached hydrogen (secondary N) is 1. The second-order valence-corrected chi connectivity index (χ2v) is 7.92. The number of carbonyl (C=O) groups is 2. The molecule has 1 aromatic heterocycles. The molecule has 1 aliphatic rings. The fourth-order valence-electron chi connectivity index (χ4n) is 4.13. The Morgan fingerprint density at radius 2 is 1.97 bits per heavy atom. The first-order chi connectivity index (χ1) is 13.8. The number of benzene rings is 1. The highest BCUT2D eigenvalue weighted by molar-refractivity contribution is 5.82. The van der Waals surface area contributed by atoms with Gasteiger partial charge in [-0.05, 0) is 51.3 Å². The summed E-state index contributed by atoms with van der Waals surface area (Å²) in [5.74, 6) is -0.592. The van der Waals surface area contributed by atoms with Crippen LogP contribution in [0.5, 0.6) is 0 Å². The molecule has 156 valence electrons. The highest BCUT2D eigenvalue weighted by Gasteiger charge is 2.30. The van der Waals surface area contributed by atoms with Crippen LogP contribution in [0.2, 0.25) is 0 Å². The highest BCUT2D eigenvalue weighted by atomic mass is 19.1. The lowest BCUT2D eigenvalue weighted by Gasteiger charge is -2.33. The van der Waals surface area contributed by atoms with Crippen molar-refractivity contribution in [2.45, 2.75) is 46.1 Å². The molecule has 2 aromatic rings. The van der Waals surface area contributed by atoms with Gasteiger partial charge in [-0.15, -0.1) is 0 Å². The van der Waals surface area contributed by atoms with Gasteiger partial charge in [0.15, 0.2) is 0 Å². The highest BCUT2D eigenvalue weighted by Crippen LogP contribution is 2.23. The maximum Gasteiger partial charge on any atom is 0.227 e. The molecule has 1 N–H and O–H groups in total. The van der Waals surface area contributed by atoms with Gasteiger partial charge in [-0.2, -0.15) is 5.10 Å². The first-order valence-electron chi connectivity index (χ1n) is 10.1. The normalized spacial score (nSPS) is 17.8. The number of likely N-dealkylation sites (tertiary alicyclic amines) is 1. The first kappa shape index (κ1) is 21.0. The number of amides is 2. The zero-order valence-corrected chi connectivity index (χ0v) is 17.5. The molecule has 0 radical (unpaired) electrons. The number of piperidine rings is 1. The summed E-state index contributed by atoms with van der Waals surface area (Å²) in [4.78, 5) is 27.3. The fraction of sp³-hybridized carbons (Fsp3) is 0.500. The number of halogens is 1. The van der Waals surface area contributed by atoms with Crippen molar-refractivity contribution in [2.75, 3.05) is 13.1 Å². The summed E-state index contributed by atoms with van der Waals surface area (Å²) < 4.78 is 14.9. The zero-order valence-electron chi connectivity index (χ0n) is 17.5. The van der Waals surface area contributed by atoms with Gasteiger partial charge in [-0.1, -0.05) is 12.1 Å². The van der Waals surface area contributed by atoms with E-state index in [4.69, 9.17) is 0 Å². The van der Waals surface area contributed by atoms with Crippen LogP contribution in [0.15, 0.2) is 24.3 Å². The van der Waals surface area contributed by atoms with Crippen molar-refractivity contribution in [3.8, 4) is 0 Å². The topological polar surface area (TPSA) is 67.2 Å². The van der Waals surface area contributed by atoms with E-state index in [1.807, 2.05) is 32.5 Å². The number of nitrogens with zero attached hydrogens (tertiary/aromatic N) is 3. The number of aryl methyl sites for hydroxylation is 2. The Bertz CT molecular complexity index is 891. The van der Waals surface area contributed by atoms with Crippen LogP contribution in [0.1, 0.15) is 48.3 Å². The number of carbonyl (C=O) groups excluding carboxylic acids is 2. The molecule has 0 aliphatic carbocycles. The van der Waals surface area contributed by atoms with Crippen LogP contribution in [-0.4, -0.2) is 39.6 Å². The maximum absolute atomic E-state index is 13.1. The SMILES string of the molecule is Cc1nn(C)c(C)c1C(C)NC(=O)C1CCCN(C(=O)Cc2ccc(F)cc2)C1. The number of aromatic nitrogens is 2. The number of rotatable bonds is 5. The van der Waals surface area contributed by atoms with Gasteiger partial charge in [0, 0.05) is 31.4 Å². The molecule has 3 rings (SSSR count). The van der Waals surface area contributed by atoms with Crippen LogP contribution in [0.25, 0.3) is 0 Å². The van der Waals surface area contributed by atoms with E-state index in [0.29, 0.717) is 13.1 Å². The Labute approximate surface area is 171 Å². The summed E-state index contributed by atoms with van der Waals surface area (Å²) >= 11 is 0. The molecule has 2 heterocycles. The van der Waals surface area contributed by atoms with Crippen molar-refractivity contribution in [3.05, 3.63) is 52.6 Å². The van der Waals surface area contributed by atoms with Crippen LogP contribution in [0.3, 0.4) is 0 Å². The van der Waals surface area contributed by atoms with Gasteiger partial charge in [0.2, 0.25) is 11.8 Å². The molecule has 6 nitrogen and oxygen atoms in total. The standard InChI is InChI=1S/C22H29FN4O2/c1-14(21-15(2)25-26(4)16(21)3)24-22(29)18-6-5-11-27(13-18)20(28)12-17-7-9-19(23)10-8-17/h7-10,14,18H,5-6,11-13H2,1-4H3,(H,24,29). The van der Waals surface area contributed by atoms with Crippen LogP contribution in [0, 0.1) is 25.6 Å². The average Bonchev–Trinajstić information content (AvgIpc) is 2.95. The van der Waals surface area contributed by atoms with Crippen LogP contribution < -0.4 is 5.32 Å². The Hall–Kier alpha value is -2.70. The van der Waals surface area contributed by atoms with Crippen molar-refractivity contribution >= 4 is 11.8 Å². The van der Waals surface area contributed by atoms with E-state index in [2.05, 4.69) is 10.4 Å². The van der Waals surface area contributed by atoms with Gasteiger partial charge in [0.05, 0.1) is 24.1 Å². The third-order valence-electron chi connectivity index (χ3n) is 5.77. The lowest BCUT2D eigenvalue weighted by molar-refractivity contribution is -0.135. The molecular formula is C22H29FN4O2. The van der Waals surface area contributed by atoms with E-state index in [9.17, 15) is 14.0 Å². The monoisotopic (exact) mass is 400 g/mol. The van der Waals surface area contributed by atoms with Crippen LogP contribution in [-0.2, 0) is 23.1 Å². The van der Waals surface area contributed by atoms with Crippen molar-refractivity contribution in [1.29, 1.82) is 0 Å². The quantitative estimate of drug-likeness (QED) is 0.839. The van der Waals surface area contributed by atoms with Crippen molar-refractivity contribution < 1.29 is 14.0 Å². The van der Waals surface area contributed by atoms with E-state index >= 15 is 0 Å². The summed E-state index contributed by atoms with van der Waals surface area (Å²) in [6.45, 7) is 6.98. The minimum Gasteiger partial charge on any atom is -0.349 e. The molecule has 0 saturated carbocycles. The van der Waals surface area contributed by atoms with E-state index in [1.54, 1.807) is 17.0 Å². The predicted molar refractivity (Wildman–Crippen MR) is 109 cm³/mol. The second-order valence-electron chi connectivity index (χ2n) is 7.92. The summed E-state index contributed by atoms with van der Waals surface area (Å²) in [7, 11) is 1.89. The molecule has 0 bridgehead atoms. The molecule has 1 fully saturated rings. The fourth-order valence-corrected chi connectivity index (χ4v) is 4.13. The van der Waals surface area contributed by atoms with Gasteiger partial charge in [-0.3, -0.25) is 14.3 Å². The molecule has 1 aromatic carbocycles. The van der Waals surface area contributed by atoms with Crippen molar-refractivity contribution in [2.24, 2.45) is 13.0 Å². The van der Waals surface area contributed by atoms with Crippen molar-refractivity contribution in [1.82, 2.24) is 20.0 Å². The minimum atomic E-state index is -0.316. The molecule has 2 amide bonds. The van der Waals surface area contributed by atoms with E-state index in [0.717, 1.165) is 35.4 Å². The van der Waals surface area contributed by atoms with E-state index < -0.39 is 0 Å². The third kappa shape index (κ3) is 4.83. The molecule has 2 atom stereocenters. The molecule has 1 aliphatic heterocycles. The largest absolute Gasteiger partial charge is 0.349 e. The third-order valence-corrected chi connectivity index (χ3v) is 5.77. The van der Waals surface area contributed by atoms with Crippen LogP contribution >= 0.6 is 0 Å².